The summed E-state index contributed by atoms with van der Waals surface area (Å²) in [6.07, 6.45) is 3.51. The summed E-state index contributed by atoms with van der Waals surface area (Å²) in [5.74, 6) is -0.862. The molecule has 144 valence electrons. The summed E-state index contributed by atoms with van der Waals surface area (Å²) >= 11 is 5.97. The molecule has 2 heterocycles. The van der Waals surface area contributed by atoms with E-state index in [2.05, 4.69) is 20.6 Å². The molecule has 0 aliphatic heterocycles. The summed E-state index contributed by atoms with van der Waals surface area (Å²) in [4.78, 5) is 31.4. The molecule has 0 radical (unpaired) electrons. The molecule has 3 rings (SSSR count). The van der Waals surface area contributed by atoms with Gasteiger partial charge in [0.15, 0.2) is 0 Å². The van der Waals surface area contributed by atoms with E-state index in [-0.39, 0.29) is 17.0 Å². The number of aryl methyl sites for hydroxylation is 1. The fourth-order valence-corrected chi connectivity index (χ4v) is 3.00. The third-order valence-electron chi connectivity index (χ3n) is 4.26. The van der Waals surface area contributed by atoms with Crippen LogP contribution in [0.4, 0.5) is 15.8 Å². The van der Waals surface area contributed by atoms with Crippen LogP contribution in [0.1, 0.15) is 23.0 Å². The molecule has 0 aliphatic rings. The first-order valence-corrected chi connectivity index (χ1v) is 8.97. The number of carbonyl (C=O) groups excluding carboxylic acids is 1. The van der Waals surface area contributed by atoms with E-state index >= 15 is 0 Å². The largest absolute Gasteiger partial charge is 0.355 e. The fourth-order valence-electron chi connectivity index (χ4n) is 2.83. The summed E-state index contributed by atoms with van der Waals surface area (Å²) in [5.41, 5.74) is 1.83. The topological polar surface area (TPSA) is 86.9 Å². The molecule has 0 spiro atoms. The maximum absolute atomic E-state index is 14.3. The van der Waals surface area contributed by atoms with Crippen molar-refractivity contribution in [3.63, 3.8) is 0 Å². The first-order chi connectivity index (χ1) is 13.4. The van der Waals surface area contributed by atoms with E-state index in [9.17, 15) is 14.0 Å². The predicted octanol–water partition coefficient (Wildman–Crippen LogP) is 3.90. The molecule has 0 unspecified atom stereocenters. The minimum absolute atomic E-state index is 0.0979. The average molecular weight is 401 g/mol. The summed E-state index contributed by atoms with van der Waals surface area (Å²) < 4.78 is 14.3. The number of hydrogen-bond acceptors (Lipinski definition) is 4. The molecule has 0 atom stereocenters. The second-order valence-corrected chi connectivity index (χ2v) is 6.44. The highest BCUT2D eigenvalue weighted by atomic mass is 35.5. The Morgan fingerprint density at radius 3 is 2.71 bits per heavy atom. The molecule has 6 nitrogen and oxygen atoms in total. The number of aromatic nitrogens is 2. The molecule has 0 fully saturated rings. The number of halogens is 2. The quantitative estimate of drug-likeness (QED) is 0.606. The van der Waals surface area contributed by atoms with Crippen LogP contribution < -0.4 is 16.2 Å². The second kappa shape index (κ2) is 8.22. The summed E-state index contributed by atoms with van der Waals surface area (Å²) in [6.45, 7) is 1.88. The number of hydrogen-bond donors (Lipinski definition) is 3. The Hall–Kier alpha value is -3.19. The normalized spacial score (nSPS) is 10.6. The van der Waals surface area contributed by atoms with Crippen molar-refractivity contribution in [2.24, 2.45) is 0 Å². The zero-order valence-corrected chi connectivity index (χ0v) is 16.0. The van der Waals surface area contributed by atoms with Gasteiger partial charge in [-0.05, 0) is 36.8 Å². The van der Waals surface area contributed by atoms with Crippen molar-refractivity contribution in [1.82, 2.24) is 15.3 Å². The van der Waals surface area contributed by atoms with Gasteiger partial charge in [-0.1, -0.05) is 18.5 Å². The van der Waals surface area contributed by atoms with Gasteiger partial charge >= 0.3 is 0 Å². The van der Waals surface area contributed by atoms with Crippen LogP contribution in [0.15, 0.2) is 47.5 Å². The van der Waals surface area contributed by atoms with Crippen molar-refractivity contribution in [3.05, 3.63) is 75.2 Å². The number of anilines is 2. The van der Waals surface area contributed by atoms with E-state index in [4.69, 9.17) is 11.6 Å². The molecule has 8 heteroatoms. The first kappa shape index (κ1) is 19.6. The van der Waals surface area contributed by atoms with Gasteiger partial charge in [0.05, 0.1) is 22.5 Å². The lowest BCUT2D eigenvalue weighted by Crippen LogP contribution is -2.20. The minimum atomic E-state index is -0.556. The monoisotopic (exact) mass is 400 g/mol. The van der Waals surface area contributed by atoms with Crippen molar-refractivity contribution in [2.75, 3.05) is 12.4 Å². The molecule has 0 aliphatic carbocycles. The van der Waals surface area contributed by atoms with E-state index in [0.717, 1.165) is 0 Å². The van der Waals surface area contributed by atoms with Gasteiger partial charge in [0.2, 0.25) is 0 Å². The number of rotatable bonds is 5. The number of aromatic amines is 1. The second-order valence-electron chi connectivity index (χ2n) is 6.01. The van der Waals surface area contributed by atoms with Crippen LogP contribution in [0, 0.1) is 5.82 Å². The maximum atomic E-state index is 14.3. The van der Waals surface area contributed by atoms with Crippen molar-refractivity contribution >= 4 is 28.9 Å². The van der Waals surface area contributed by atoms with Gasteiger partial charge in [-0.25, -0.2) is 4.39 Å². The Morgan fingerprint density at radius 2 is 2.00 bits per heavy atom. The number of nitrogens with zero attached hydrogens (tertiary/aromatic N) is 1. The Bertz CT molecular complexity index is 1100. The molecule has 28 heavy (non-hydrogen) atoms. The zero-order chi connectivity index (χ0) is 20.3. The third kappa shape index (κ3) is 3.89. The summed E-state index contributed by atoms with van der Waals surface area (Å²) in [6, 6.07) is 7.24. The van der Waals surface area contributed by atoms with Crippen LogP contribution in [-0.2, 0) is 6.42 Å². The minimum Gasteiger partial charge on any atom is -0.355 e. The van der Waals surface area contributed by atoms with E-state index in [1.165, 1.54) is 31.4 Å². The number of amides is 1. The molecule has 1 amide bonds. The number of H-pyrrole nitrogens is 1. The molecule has 3 N–H and O–H groups in total. The Kier molecular flexibility index (Phi) is 5.75. The van der Waals surface area contributed by atoms with Crippen LogP contribution in [0.2, 0.25) is 5.02 Å². The predicted molar refractivity (Wildman–Crippen MR) is 108 cm³/mol. The molecular formula is C20H18ClFN4O2. The molecular weight excluding hydrogens is 383 g/mol. The van der Waals surface area contributed by atoms with Gasteiger partial charge in [-0.2, -0.15) is 0 Å². The summed E-state index contributed by atoms with van der Waals surface area (Å²) in [5, 5.41) is 6.03. The highest BCUT2D eigenvalue weighted by molar-refractivity contribution is 6.30. The molecule has 0 saturated heterocycles. The van der Waals surface area contributed by atoms with Crippen LogP contribution >= 0.6 is 11.6 Å². The Labute approximate surface area is 165 Å². The van der Waals surface area contributed by atoms with Crippen LogP contribution in [0.25, 0.3) is 11.1 Å². The smallest absolute Gasteiger partial charge is 0.256 e. The average Bonchev–Trinajstić information content (AvgIpc) is 2.70. The van der Waals surface area contributed by atoms with Gasteiger partial charge in [0, 0.05) is 35.7 Å². The van der Waals surface area contributed by atoms with Crippen molar-refractivity contribution < 1.29 is 9.18 Å². The fraction of sp³-hybridized carbons (Fsp3) is 0.150. The number of benzene rings is 1. The van der Waals surface area contributed by atoms with Gasteiger partial charge in [0.25, 0.3) is 11.5 Å². The number of nitrogens with one attached hydrogen (secondary N) is 3. The molecule has 0 bridgehead atoms. The van der Waals surface area contributed by atoms with Gasteiger partial charge < -0.3 is 15.6 Å². The van der Waals surface area contributed by atoms with E-state index in [0.29, 0.717) is 34.1 Å². The van der Waals surface area contributed by atoms with Crippen LogP contribution in [0.5, 0.6) is 0 Å². The SMILES string of the molecule is CCc1[nH]c(=O)c(-c2cc(Cl)ccc2F)cc1Nc1ccncc1C(=O)NC. The standard InChI is InChI=1S/C20H18ClFN4O2/c1-3-16-18(25-17-6-7-24-10-14(17)19(27)23-2)9-13(20(28)26-16)12-8-11(21)4-5-15(12)22/h4-10H,3H2,1-2H3,(H,23,27)(H,24,25)(H,26,28). The lowest BCUT2D eigenvalue weighted by Gasteiger charge is -2.15. The van der Waals surface area contributed by atoms with Gasteiger partial charge in [-0.3, -0.25) is 14.6 Å². The van der Waals surface area contributed by atoms with Crippen LogP contribution in [-0.4, -0.2) is 22.9 Å². The Morgan fingerprint density at radius 1 is 1.21 bits per heavy atom. The third-order valence-corrected chi connectivity index (χ3v) is 4.49. The number of pyridine rings is 2. The first-order valence-electron chi connectivity index (χ1n) is 8.59. The van der Waals surface area contributed by atoms with Gasteiger partial charge in [0.1, 0.15) is 5.82 Å². The van der Waals surface area contributed by atoms with E-state index in [1.807, 2.05) is 6.92 Å². The maximum Gasteiger partial charge on any atom is 0.256 e. The lowest BCUT2D eigenvalue weighted by atomic mass is 10.0. The Balaban J connectivity index is 2.13. The van der Waals surface area contributed by atoms with E-state index < -0.39 is 11.4 Å². The molecule has 1 aromatic carbocycles. The molecule has 2 aromatic heterocycles. The van der Waals surface area contributed by atoms with Crippen molar-refractivity contribution in [3.8, 4) is 11.1 Å². The highest BCUT2D eigenvalue weighted by Crippen LogP contribution is 2.29. The van der Waals surface area contributed by atoms with E-state index in [1.54, 1.807) is 18.3 Å². The molecule has 3 aromatic rings. The molecule has 0 saturated carbocycles. The van der Waals surface area contributed by atoms with Crippen LogP contribution in [0.3, 0.4) is 0 Å². The van der Waals surface area contributed by atoms with Gasteiger partial charge in [-0.15, -0.1) is 0 Å². The highest BCUT2D eigenvalue weighted by Gasteiger charge is 2.16. The summed E-state index contributed by atoms with van der Waals surface area (Å²) in [7, 11) is 1.52. The zero-order valence-electron chi connectivity index (χ0n) is 15.3. The number of carbonyl (C=O) groups is 1. The lowest BCUT2D eigenvalue weighted by molar-refractivity contribution is 0.0963. The van der Waals surface area contributed by atoms with Crippen molar-refractivity contribution in [2.45, 2.75) is 13.3 Å². The van der Waals surface area contributed by atoms with Crippen molar-refractivity contribution in [1.29, 1.82) is 0 Å².